The van der Waals surface area contributed by atoms with Crippen molar-refractivity contribution < 1.29 is 9.59 Å². The summed E-state index contributed by atoms with van der Waals surface area (Å²) in [6.45, 7) is 10.2. The minimum atomic E-state index is -0.138. The van der Waals surface area contributed by atoms with Gasteiger partial charge in [0.15, 0.2) is 0 Å². The largest absolute Gasteiger partial charge is 0.353 e. The van der Waals surface area contributed by atoms with Crippen LogP contribution in [0.15, 0.2) is 36.4 Å². The van der Waals surface area contributed by atoms with Gasteiger partial charge in [-0.15, -0.1) is 0 Å². The summed E-state index contributed by atoms with van der Waals surface area (Å²) in [6.07, 6.45) is 1.67. The van der Waals surface area contributed by atoms with E-state index in [2.05, 4.69) is 29.0 Å². The van der Waals surface area contributed by atoms with Crippen molar-refractivity contribution >= 4 is 23.4 Å². The average molecular weight is 451 g/mol. The van der Waals surface area contributed by atoms with Gasteiger partial charge in [-0.3, -0.25) is 4.79 Å². The summed E-state index contributed by atoms with van der Waals surface area (Å²) < 4.78 is 0. The zero-order chi connectivity index (χ0) is 23.4. The number of benzene rings is 1. The van der Waals surface area contributed by atoms with Gasteiger partial charge < -0.3 is 20.0 Å². The number of anilines is 2. The van der Waals surface area contributed by atoms with Crippen LogP contribution in [-0.4, -0.2) is 71.0 Å². The van der Waals surface area contributed by atoms with E-state index in [0.29, 0.717) is 26.2 Å². The molecule has 3 amide bonds. The Bertz CT molecular complexity index is 972. The van der Waals surface area contributed by atoms with Crippen molar-refractivity contribution in [3.8, 4) is 0 Å². The number of carbonyl (C=O) groups excluding carboxylic acids is 2. The third-order valence-corrected chi connectivity index (χ3v) is 6.37. The minimum Gasteiger partial charge on any atom is -0.353 e. The molecule has 0 radical (unpaired) electrons. The number of aryl methyl sites for hydroxylation is 1. The van der Waals surface area contributed by atoms with Gasteiger partial charge >= 0.3 is 6.03 Å². The normalized spacial score (nSPS) is 19.0. The fourth-order valence-electron chi connectivity index (χ4n) is 4.50. The molecule has 2 aliphatic rings. The molecule has 8 nitrogen and oxygen atoms in total. The summed E-state index contributed by atoms with van der Waals surface area (Å²) in [5.41, 5.74) is 1.74. The standard InChI is InChI=1S/C25H34N6O2/c1-18(2)23-26-19(3)16-22(28-23)29-12-14-30(15-13-29)24(32)20-8-7-11-31(17-20)25(33)27-21-9-5-4-6-10-21/h4-6,9-10,16,18,20H,7-8,11-15,17H2,1-3H3,(H,27,33)/t20-/m0/s1. The smallest absolute Gasteiger partial charge is 0.321 e. The maximum Gasteiger partial charge on any atom is 0.321 e. The second-order valence-electron chi connectivity index (χ2n) is 9.27. The van der Waals surface area contributed by atoms with Crippen LogP contribution in [0.5, 0.6) is 0 Å². The van der Waals surface area contributed by atoms with Gasteiger partial charge in [-0.2, -0.15) is 0 Å². The number of hydrogen-bond acceptors (Lipinski definition) is 5. The molecule has 2 fully saturated rings. The van der Waals surface area contributed by atoms with Gasteiger partial charge in [-0.1, -0.05) is 32.0 Å². The Labute approximate surface area is 196 Å². The first kappa shape index (κ1) is 23.0. The molecule has 0 unspecified atom stereocenters. The topological polar surface area (TPSA) is 81.7 Å². The second kappa shape index (κ2) is 10.2. The number of nitrogens with zero attached hydrogens (tertiary/aromatic N) is 5. The number of amides is 3. The fraction of sp³-hybridized carbons (Fsp3) is 0.520. The molecule has 2 aliphatic heterocycles. The van der Waals surface area contributed by atoms with Crippen LogP contribution >= 0.6 is 0 Å². The molecule has 0 aliphatic carbocycles. The number of piperidine rings is 1. The van der Waals surface area contributed by atoms with Crippen molar-refractivity contribution in [1.29, 1.82) is 0 Å². The Kier molecular flexibility index (Phi) is 7.11. The molecule has 0 saturated carbocycles. The highest BCUT2D eigenvalue weighted by atomic mass is 16.2. The summed E-state index contributed by atoms with van der Waals surface area (Å²) in [5.74, 6) is 2.11. The van der Waals surface area contributed by atoms with E-state index in [-0.39, 0.29) is 23.8 Å². The summed E-state index contributed by atoms with van der Waals surface area (Å²) in [7, 11) is 0. The minimum absolute atomic E-state index is 0.136. The van der Waals surface area contributed by atoms with Crippen LogP contribution in [0.3, 0.4) is 0 Å². The maximum atomic E-state index is 13.2. The van der Waals surface area contributed by atoms with Gasteiger partial charge in [-0.05, 0) is 31.9 Å². The number of carbonyl (C=O) groups is 2. The molecule has 1 aromatic heterocycles. The van der Waals surface area contributed by atoms with E-state index in [4.69, 9.17) is 4.98 Å². The number of nitrogens with one attached hydrogen (secondary N) is 1. The lowest BCUT2D eigenvalue weighted by atomic mass is 9.96. The molecule has 2 saturated heterocycles. The number of piperazine rings is 1. The quantitative estimate of drug-likeness (QED) is 0.771. The third kappa shape index (κ3) is 5.61. The van der Waals surface area contributed by atoms with Crippen LogP contribution in [0, 0.1) is 12.8 Å². The van der Waals surface area contributed by atoms with E-state index in [1.54, 1.807) is 4.90 Å². The molecular formula is C25H34N6O2. The highest BCUT2D eigenvalue weighted by Crippen LogP contribution is 2.23. The number of hydrogen-bond donors (Lipinski definition) is 1. The molecule has 1 aromatic carbocycles. The Morgan fingerprint density at radius 1 is 1.00 bits per heavy atom. The molecule has 3 heterocycles. The van der Waals surface area contributed by atoms with E-state index in [9.17, 15) is 9.59 Å². The van der Waals surface area contributed by atoms with E-state index in [1.165, 1.54) is 0 Å². The van der Waals surface area contributed by atoms with Crippen molar-refractivity contribution in [2.24, 2.45) is 5.92 Å². The zero-order valence-corrected chi connectivity index (χ0v) is 19.8. The van der Waals surface area contributed by atoms with Gasteiger partial charge in [0, 0.05) is 62.6 Å². The number of urea groups is 1. The van der Waals surface area contributed by atoms with Crippen LogP contribution in [0.4, 0.5) is 16.3 Å². The fourth-order valence-corrected chi connectivity index (χ4v) is 4.50. The molecule has 0 spiro atoms. The molecule has 0 bridgehead atoms. The van der Waals surface area contributed by atoms with Crippen molar-refractivity contribution in [2.45, 2.75) is 39.5 Å². The molecule has 2 aromatic rings. The lowest BCUT2D eigenvalue weighted by Crippen LogP contribution is -2.53. The predicted octanol–water partition coefficient (Wildman–Crippen LogP) is 3.50. The van der Waals surface area contributed by atoms with Gasteiger partial charge in [0.05, 0.1) is 5.92 Å². The molecule has 4 rings (SSSR count). The Morgan fingerprint density at radius 2 is 1.73 bits per heavy atom. The van der Waals surface area contributed by atoms with Crippen molar-refractivity contribution in [3.63, 3.8) is 0 Å². The molecule has 8 heteroatoms. The second-order valence-corrected chi connectivity index (χ2v) is 9.27. The SMILES string of the molecule is Cc1cc(N2CCN(C(=O)[C@H]3CCCN(C(=O)Nc4ccccc4)C3)CC2)nc(C(C)C)n1. The van der Waals surface area contributed by atoms with Crippen LogP contribution in [0.2, 0.25) is 0 Å². The Morgan fingerprint density at radius 3 is 2.42 bits per heavy atom. The first-order valence-electron chi connectivity index (χ1n) is 11.9. The molecular weight excluding hydrogens is 416 g/mol. The first-order valence-corrected chi connectivity index (χ1v) is 11.9. The van der Waals surface area contributed by atoms with E-state index < -0.39 is 0 Å². The van der Waals surface area contributed by atoms with Crippen LogP contribution in [0.1, 0.15) is 44.1 Å². The van der Waals surface area contributed by atoms with Gasteiger partial charge in [0.1, 0.15) is 11.6 Å². The average Bonchev–Trinajstić information content (AvgIpc) is 2.84. The number of para-hydroxylation sites is 1. The van der Waals surface area contributed by atoms with Gasteiger partial charge in [0.25, 0.3) is 0 Å². The van der Waals surface area contributed by atoms with E-state index >= 15 is 0 Å². The number of likely N-dealkylation sites (tertiary alicyclic amines) is 1. The third-order valence-electron chi connectivity index (χ3n) is 6.37. The van der Waals surface area contributed by atoms with E-state index in [0.717, 1.165) is 49.0 Å². The van der Waals surface area contributed by atoms with Crippen LogP contribution < -0.4 is 10.2 Å². The summed E-state index contributed by atoms with van der Waals surface area (Å²) >= 11 is 0. The van der Waals surface area contributed by atoms with Crippen molar-refractivity contribution in [1.82, 2.24) is 19.8 Å². The highest BCUT2D eigenvalue weighted by molar-refractivity contribution is 5.90. The summed E-state index contributed by atoms with van der Waals surface area (Å²) in [4.78, 5) is 41.2. The van der Waals surface area contributed by atoms with E-state index in [1.807, 2.05) is 48.2 Å². The Balaban J connectivity index is 1.32. The Hall–Kier alpha value is -3.16. The number of aromatic nitrogens is 2. The molecule has 1 atom stereocenters. The monoisotopic (exact) mass is 450 g/mol. The van der Waals surface area contributed by atoms with Gasteiger partial charge in [0.2, 0.25) is 5.91 Å². The zero-order valence-electron chi connectivity index (χ0n) is 19.8. The molecule has 1 N–H and O–H groups in total. The predicted molar refractivity (Wildman–Crippen MR) is 129 cm³/mol. The van der Waals surface area contributed by atoms with Crippen molar-refractivity contribution in [2.75, 3.05) is 49.5 Å². The maximum absolute atomic E-state index is 13.2. The van der Waals surface area contributed by atoms with Crippen LogP contribution in [-0.2, 0) is 4.79 Å². The lowest BCUT2D eigenvalue weighted by Gasteiger charge is -2.39. The number of rotatable bonds is 4. The summed E-state index contributed by atoms with van der Waals surface area (Å²) in [6, 6.07) is 11.3. The lowest BCUT2D eigenvalue weighted by molar-refractivity contribution is -0.137. The summed E-state index contributed by atoms with van der Waals surface area (Å²) in [5, 5.41) is 2.93. The van der Waals surface area contributed by atoms with Crippen LogP contribution in [0.25, 0.3) is 0 Å². The molecule has 33 heavy (non-hydrogen) atoms. The highest BCUT2D eigenvalue weighted by Gasteiger charge is 2.33. The first-order chi connectivity index (χ1) is 15.9. The van der Waals surface area contributed by atoms with Crippen molar-refractivity contribution in [3.05, 3.63) is 47.9 Å². The molecule has 176 valence electrons. The van der Waals surface area contributed by atoms with Gasteiger partial charge in [-0.25, -0.2) is 14.8 Å².